The van der Waals surface area contributed by atoms with E-state index in [2.05, 4.69) is 10.3 Å². The van der Waals surface area contributed by atoms with E-state index in [0.717, 1.165) is 23.8 Å². The Morgan fingerprint density at radius 2 is 1.86 bits per heavy atom. The van der Waals surface area contributed by atoms with Crippen LogP contribution in [-0.4, -0.2) is 23.3 Å². The van der Waals surface area contributed by atoms with Gasteiger partial charge in [-0.25, -0.2) is 13.8 Å². The molecule has 1 saturated heterocycles. The molecule has 0 aliphatic carbocycles. The number of halogens is 2. The van der Waals surface area contributed by atoms with Gasteiger partial charge in [0.2, 0.25) is 11.8 Å². The van der Waals surface area contributed by atoms with Gasteiger partial charge in [-0.1, -0.05) is 0 Å². The van der Waals surface area contributed by atoms with Crippen molar-refractivity contribution >= 4 is 23.2 Å². The summed E-state index contributed by atoms with van der Waals surface area (Å²) in [7, 11) is 0. The number of nitrogens with zero attached hydrogens (tertiary/aromatic N) is 2. The summed E-state index contributed by atoms with van der Waals surface area (Å²) >= 11 is 0. The van der Waals surface area contributed by atoms with E-state index >= 15 is 0 Å². The van der Waals surface area contributed by atoms with Crippen molar-refractivity contribution in [2.24, 2.45) is 5.92 Å². The van der Waals surface area contributed by atoms with Crippen molar-refractivity contribution in [3.8, 4) is 11.3 Å². The van der Waals surface area contributed by atoms with Gasteiger partial charge in [-0.15, -0.1) is 0 Å². The SMILES string of the molecule is O=C(Nc1ccc(-c2cnco2)cc1)C1CC(=O)N(c2cc(F)cc(F)c2)C1. The second kappa shape index (κ2) is 7.22. The zero-order chi connectivity index (χ0) is 19.7. The number of amides is 2. The Morgan fingerprint density at radius 3 is 2.50 bits per heavy atom. The highest BCUT2D eigenvalue weighted by Crippen LogP contribution is 2.28. The Labute approximate surface area is 158 Å². The van der Waals surface area contributed by atoms with Crippen LogP contribution >= 0.6 is 0 Å². The third-order valence-corrected chi connectivity index (χ3v) is 4.52. The molecule has 2 heterocycles. The molecule has 142 valence electrons. The second-order valence-corrected chi connectivity index (χ2v) is 6.47. The van der Waals surface area contributed by atoms with Gasteiger partial charge in [-0.05, 0) is 36.4 Å². The van der Waals surface area contributed by atoms with Gasteiger partial charge < -0.3 is 14.6 Å². The first-order valence-electron chi connectivity index (χ1n) is 8.56. The Hall–Kier alpha value is -3.55. The van der Waals surface area contributed by atoms with Crippen LogP contribution < -0.4 is 10.2 Å². The largest absolute Gasteiger partial charge is 0.444 e. The first-order valence-corrected chi connectivity index (χ1v) is 8.56. The number of oxazole rings is 1. The predicted molar refractivity (Wildman–Crippen MR) is 97.4 cm³/mol. The molecule has 2 amide bonds. The summed E-state index contributed by atoms with van der Waals surface area (Å²) < 4.78 is 32.0. The first kappa shape index (κ1) is 17.8. The van der Waals surface area contributed by atoms with Crippen LogP contribution in [0, 0.1) is 17.6 Å². The van der Waals surface area contributed by atoms with Crippen LogP contribution in [0.4, 0.5) is 20.2 Å². The highest BCUT2D eigenvalue weighted by molar-refractivity contribution is 6.03. The minimum absolute atomic E-state index is 0.0277. The Morgan fingerprint density at radius 1 is 1.14 bits per heavy atom. The van der Waals surface area contributed by atoms with Crippen LogP contribution in [0.3, 0.4) is 0 Å². The second-order valence-electron chi connectivity index (χ2n) is 6.47. The molecule has 0 spiro atoms. The predicted octanol–water partition coefficient (Wildman–Crippen LogP) is 3.61. The molecule has 8 heteroatoms. The first-order chi connectivity index (χ1) is 13.5. The Balaban J connectivity index is 1.43. The highest BCUT2D eigenvalue weighted by atomic mass is 19.1. The third-order valence-electron chi connectivity index (χ3n) is 4.52. The maximum atomic E-state index is 13.4. The molecule has 1 atom stereocenters. The molecule has 28 heavy (non-hydrogen) atoms. The summed E-state index contributed by atoms with van der Waals surface area (Å²) in [6, 6.07) is 9.86. The smallest absolute Gasteiger partial charge is 0.229 e. The number of hydrogen-bond donors (Lipinski definition) is 1. The number of benzene rings is 2. The van der Waals surface area contributed by atoms with Gasteiger partial charge in [0.05, 0.1) is 12.1 Å². The van der Waals surface area contributed by atoms with Gasteiger partial charge in [0.25, 0.3) is 0 Å². The molecule has 0 radical (unpaired) electrons. The van der Waals surface area contributed by atoms with Crippen molar-refractivity contribution < 1.29 is 22.8 Å². The molecular formula is C20H15F2N3O3. The number of anilines is 2. The van der Waals surface area contributed by atoms with E-state index in [1.807, 2.05) is 0 Å². The van der Waals surface area contributed by atoms with Gasteiger partial charge in [-0.2, -0.15) is 0 Å². The zero-order valence-corrected chi connectivity index (χ0v) is 14.6. The summed E-state index contributed by atoms with van der Waals surface area (Å²) in [6.45, 7) is 0.0592. The van der Waals surface area contributed by atoms with Crippen LogP contribution in [0.2, 0.25) is 0 Å². The zero-order valence-electron chi connectivity index (χ0n) is 14.6. The minimum atomic E-state index is -0.775. The van der Waals surface area contributed by atoms with Crippen molar-refractivity contribution in [2.45, 2.75) is 6.42 Å². The van der Waals surface area contributed by atoms with E-state index in [4.69, 9.17) is 4.42 Å². The molecular weight excluding hydrogens is 368 g/mol. The van der Waals surface area contributed by atoms with Crippen molar-refractivity contribution in [2.75, 3.05) is 16.8 Å². The maximum absolute atomic E-state index is 13.4. The van der Waals surface area contributed by atoms with Crippen LogP contribution in [-0.2, 0) is 9.59 Å². The molecule has 1 aliphatic heterocycles. The lowest BCUT2D eigenvalue weighted by Gasteiger charge is -2.17. The van der Waals surface area contributed by atoms with E-state index < -0.39 is 17.6 Å². The molecule has 4 rings (SSSR count). The van der Waals surface area contributed by atoms with Gasteiger partial charge in [-0.3, -0.25) is 9.59 Å². The Kier molecular flexibility index (Phi) is 4.60. The molecule has 6 nitrogen and oxygen atoms in total. The topological polar surface area (TPSA) is 75.4 Å². The van der Waals surface area contributed by atoms with Gasteiger partial charge in [0, 0.05) is 36.0 Å². The summed E-state index contributed by atoms with van der Waals surface area (Å²) in [6.07, 6.45) is 2.89. The average molecular weight is 383 g/mol. The van der Waals surface area contributed by atoms with E-state index in [-0.39, 0.29) is 30.5 Å². The quantitative estimate of drug-likeness (QED) is 0.747. The van der Waals surface area contributed by atoms with Crippen molar-refractivity contribution in [3.05, 3.63) is 66.7 Å². The molecule has 1 aliphatic rings. The fourth-order valence-electron chi connectivity index (χ4n) is 3.15. The molecule has 1 aromatic heterocycles. The number of aromatic nitrogens is 1. The van der Waals surface area contributed by atoms with E-state index in [9.17, 15) is 18.4 Å². The van der Waals surface area contributed by atoms with Crippen LogP contribution in [0.15, 0.2) is 59.5 Å². The fraction of sp³-hybridized carbons (Fsp3) is 0.150. The summed E-state index contributed by atoms with van der Waals surface area (Å²) in [5, 5.41) is 2.76. The van der Waals surface area contributed by atoms with Crippen molar-refractivity contribution in [1.29, 1.82) is 0 Å². The number of rotatable bonds is 4. The van der Waals surface area contributed by atoms with Crippen molar-refractivity contribution in [1.82, 2.24) is 4.98 Å². The number of hydrogen-bond acceptors (Lipinski definition) is 4. The van der Waals surface area contributed by atoms with Crippen molar-refractivity contribution in [3.63, 3.8) is 0 Å². The number of nitrogens with one attached hydrogen (secondary N) is 1. The molecule has 1 N–H and O–H groups in total. The molecule has 3 aromatic rings. The third kappa shape index (κ3) is 3.62. The minimum Gasteiger partial charge on any atom is -0.444 e. The number of carbonyl (C=O) groups excluding carboxylic acids is 2. The summed E-state index contributed by atoms with van der Waals surface area (Å²) in [5.41, 5.74) is 1.48. The summed E-state index contributed by atoms with van der Waals surface area (Å²) in [5.74, 6) is -2.25. The molecule has 2 aromatic carbocycles. The molecule has 1 fully saturated rings. The van der Waals surface area contributed by atoms with E-state index in [1.54, 1.807) is 30.5 Å². The Bertz CT molecular complexity index is 999. The lowest BCUT2D eigenvalue weighted by molar-refractivity contribution is -0.122. The van der Waals surface area contributed by atoms with E-state index in [1.165, 1.54) is 11.3 Å². The standard InChI is InChI=1S/C20H15F2N3O3/c21-14-6-15(22)8-17(7-14)25-10-13(5-19(25)26)20(27)24-16-3-1-12(2-4-16)18-9-23-11-28-18/h1-4,6-9,11,13H,5,10H2,(H,24,27). The number of carbonyl (C=O) groups is 2. The lowest BCUT2D eigenvalue weighted by atomic mass is 10.1. The van der Waals surface area contributed by atoms with Crippen LogP contribution in [0.25, 0.3) is 11.3 Å². The summed E-state index contributed by atoms with van der Waals surface area (Å²) in [4.78, 5) is 29.8. The van der Waals surface area contributed by atoms with Crippen LogP contribution in [0.5, 0.6) is 0 Å². The van der Waals surface area contributed by atoms with Gasteiger partial charge >= 0.3 is 0 Å². The molecule has 0 saturated carbocycles. The monoisotopic (exact) mass is 383 g/mol. The molecule has 0 bridgehead atoms. The van der Waals surface area contributed by atoms with Crippen LogP contribution in [0.1, 0.15) is 6.42 Å². The lowest BCUT2D eigenvalue weighted by Crippen LogP contribution is -2.28. The maximum Gasteiger partial charge on any atom is 0.229 e. The van der Waals surface area contributed by atoms with Gasteiger partial charge in [0.15, 0.2) is 12.2 Å². The fourth-order valence-corrected chi connectivity index (χ4v) is 3.15. The molecule has 1 unspecified atom stereocenters. The normalized spacial score (nSPS) is 16.4. The van der Waals surface area contributed by atoms with Gasteiger partial charge in [0.1, 0.15) is 11.6 Å². The van der Waals surface area contributed by atoms with E-state index in [0.29, 0.717) is 11.4 Å². The average Bonchev–Trinajstić information content (AvgIpc) is 3.31. The highest BCUT2D eigenvalue weighted by Gasteiger charge is 2.35.